The molecular formula is C11H21N3O3. The standard InChI is InChI=1S/C11H21N3O3/c1-14(7-8-4-2-3-5-17-8)11(16)9(12)6-10(13)15/h8-9H,2-7,12H2,1H3,(H2,13,15). The summed E-state index contributed by atoms with van der Waals surface area (Å²) in [4.78, 5) is 24.0. The van der Waals surface area contributed by atoms with Crippen molar-refractivity contribution < 1.29 is 14.3 Å². The van der Waals surface area contributed by atoms with E-state index < -0.39 is 11.9 Å². The maximum atomic E-state index is 11.8. The summed E-state index contributed by atoms with van der Waals surface area (Å²) in [5, 5.41) is 0. The van der Waals surface area contributed by atoms with E-state index in [9.17, 15) is 9.59 Å². The summed E-state index contributed by atoms with van der Waals surface area (Å²) in [6.07, 6.45) is 3.13. The molecule has 1 aliphatic heterocycles. The smallest absolute Gasteiger partial charge is 0.239 e. The predicted octanol–water partition coefficient (Wildman–Crippen LogP) is -0.783. The Morgan fingerprint density at radius 1 is 1.47 bits per heavy atom. The van der Waals surface area contributed by atoms with Gasteiger partial charge in [-0.2, -0.15) is 0 Å². The number of hydrogen-bond acceptors (Lipinski definition) is 4. The van der Waals surface area contributed by atoms with Crippen molar-refractivity contribution in [3.05, 3.63) is 0 Å². The van der Waals surface area contributed by atoms with Crippen LogP contribution in [0.5, 0.6) is 0 Å². The van der Waals surface area contributed by atoms with Crippen molar-refractivity contribution in [2.24, 2.45) is 11.5 Å². The summed E-state index contributed by atoms with van der Waals surface area (Å²) >= 11 is 0. The van der Waals surface area contributed by atoms with Crippen molar-refractivity contribution in [1.29, 1.82) is 0 Å². The van der Waals surface area contributed by atoms with Gasteiger partial charge in [0.2, 0.25) is 11.8 Å². The highest BCUT2D eigenvalue weighted by atomic mass is 16.5. The molecule has 1 aliphatic rings. The number of carbonyl (C=O) groups is 2. The first-order chi connectivity index (χ1) is 8.00. The lowest BCUT2D eigenvalue weighted by molar-refractivity contribution is -0.135. The zero-order chi connectivity index (χ0) is 12.8. The number of carbonyl (C=O) groups excluding carboxylic acids is 2. The van der Waals surface area contributed by atoms with E-state index in [4.69, 9.17) is 16.2 Å². The first kappa shape index (κ1) is 13.9. The largest absolute Gasteiger partial charge is 0.376 e. The summed E-state index contributed by atoms with van der Waals surface area (Å²) in [6, 6.07) is -0.846. The SMILES string of the molecule is CN(CC1CCCCO1)C(=O)C(N)CC(N)=O. The number of hydrogen-bond donors (Lipinski definition) is 2. The van der Waals surface area contributed by atoms with Crippen LogP contribution in [0.15, 0.2) is 0 Å². The summed E-state index contributed by atoms with van der Waals surface area (Å²) in [6.45, 7) is 1.27. The van der Waals surface area contributed by atoms with Gasteiger partial charge in [-0.05, 0) is 19.3 Å². The molecule has 0 aromatic carbocycles. The Bertz CT molecular complexity index is 277. The van der Waals surface area contributed by atoms with E-state index in [1.807, 2.05) is 0 Å². The average molecular weight is 243 g/mol. The van der Waals surface area contributed by atoms with Gasteiger partial charge in [0.1, 0.15) is 0 Å². The molecule has 0 bridgehead atoms. The average Bonchev–Trinajstić information content (AvgIpc) is 2.28. The third-order valence-corrected chi connectivity index (χ3v) is 2.87. The van der Waals surface area contributed by atoms with Crippen LogP contribution in [-0.4, -0.2) is 49.1 Å². The third kappa shape index (κ3) is 4.70. The normalized spacial score (nSPS) is 21.9. The molecule has 17 heavy (non-hydrogen) atoms. The first-order valence-corrected chi connectivity index (χ1v) is 5.91. The van der Waals surface area contributed by atoms with Crippen LogP contribution in [0.1, 0.15) is 25.7 Å². The van der Waals surface area contributed by atoms with Gasteiger partial charge < -0.3 is 21.1 Å². The Kier molecular flexibility index (Phi) is 5.37. The highest BCUT2D eigenvalue weighted by Gasteiger charge is 2.23. The zero-order valence-corrected chi connectivity index (χ0v) is 10.2. The van der Waals surface area contributed by atoms with Crippen LogP contribution in [0.4, 0.5) is 0 Å². The molecule has 2 amide bonds. The number of nitrogens with two attached hydrogens (primary N) is 2. The molecule has 4 N–H and O–H groups in total. The fourth-order valence-corrected chi connectivity index (χ4v) is 1.93. The second-order valence-corrected chi connectivity index (χ2v) is 4.48. The second-order valence-electron chi connectivity index (χ2n) is 4.48. The van der Waals surface area contributed by atoms with Crippen molar-refractivity contribution in [3.8, 4) is 0 Å². The number of ether oxygens (including phenoxy) is 1. The lowest BCUT2D eigenvalue weighted by Gasteiger charge is -2.28. The van der Waals surface area contributed by atoms with E-state index in [0.717, 1.165) is 25.9 Å². The lowest BCUT2D eigenvalue weighted by atomic mass is 10.1. The van der Waals surface area contributed by atoms with Crippen LogP contribution in [-0.2, 0) is 14.3 Å². The van der Waals surface area contributed by atoms with Gasteiger partial charge in [0.15, 0.2) is 0 Å². The minimum atomic E-state index is -0.846. The highest BCUT2D eigenvalue weighted by Crippen LogP contribution is 2.13. The third-order valence-electron chi connectivity index (χ3n) is 2.87. The Balaban J connectivity index is 2.37. The lowest BCUT2D eigenvalue weighted by Crippen LogP contribution is -2.46. The molecule has 0 radical (unpaired) electrons. The van der Waals surface area contributed by atoms with Gasteiger partial charge >= 0.3 is 0 Å². The minimum Gasteiger partial charge on any atom is -0.376 e. The van der Waals surface area contributed by atoms with Crippen molar-refractivity contribution in [1.82, 2.24) is 4.90 Å². The topological polar surface area (TPSA) is 98.7 Å². The van der Waals surface area contributed by atoms with Crippen molar-refractivity contribution in [2.75, 3.05) is 20.2 Å². The van der Waals surface area contributed by atoms with E-state index in [1.54, 1.807) is 7.05 Å². The number of rotatable bonds is 5. The summed E-state index contributed by atoms with van der Waals surface area (Å²) in [5.74, 6) is -0.828. The van der Waals surface area contributed by atoms with Gasteiger partial charge in [-0.3, -0.25) is 9.59 Å². The molecule has 2 atom stereocenters. The van der Waals surface area contributed by atoms with Crippen LogP contribution in [0.3, 0.4) is 0 Å². The first-order valence-electron chi connectivity index (χ1n) is 5.91. The number of amides is 2. The van der Waals surface area contributed by atoms with Gasteiger partial charge in [-0.1, -0.05) is 0 Å². The Morgan fingerprint density at radius 3 is 2.71 bits per heavy atom. The quantitative estimate of drug-likeness (QED) is 0.661. The maximum absolute atomic E-state index is 11.8. The molecule has 6 nitrogen and oxygen atoms in total. The summed E-state index contributed by atoms with van der Waals surface area (Å²) in [5.41, 5.74) is 10.6. The molecule has 1 fully saturated rings. The minimum absolute atomic E-state index is 0.0819. The molecule has 0 saturated carbocycles. The Labute approximate surface area is 101 Å². The van der Waals surface area contributed by atoms with E-state index in [2.05, 4.69) is 0 Å². The monoisotopic (exact) mass is 243 g/mol. The molecule has 0 spiro atoms. The van der Waals surface area contributed by atoms with Crippen LogP contribution >= 0.6 is 0 Å². The summed E-state index contributed by atoms with van der Waals surface area (Å²) < 4.78 is 5.53. The number of nitrogens with zero attached hydrogens (tertiary/aromatic N) is 1. The van der Waals surface area contributed by atoms with Gasteiger partial charge in [-0.15, -0.1) is 0 Å². The zero-order valence-electron chi connectivity index (χ0n) is 10.2. The second kappa shape index (κ2) is 6.56. The Morgan fingerprint density at radius 2 is 2.18 bits per heavy atom. The molecule has 6 heteroatoms. The van der Waals surface area contributed by atoms with Crippen molar-refractivity contribution in [2.45, 2.75) is 37.8 Å². The van der Waals surface area contributed by atoms with Gasteiger partial charge in [0.25, 0.3) is 0 Å². The fourth-order valence-electron chi connectivity index (χ4n) is 1.93. The molecule has 0 aliphatic carbocycles. The molecule has 0 aromatic heterocycles. The molecular weight excluding hydrogens is 222 g/mol. The van der Waals surface area contributed by atoms with Gasteiger partial charge in [0.05, 0.1) is 18.6 Å². The van der Waals surface area contributed by atoms with Gasteiger partial charge in [-0.25, -0.2) is 0 Å². The van der Waals surface area contributed by atoms with E-state index in [1.165, 1.54) is 4.90 Å². The van der Waals surface area contributed by atoms with Crippen molar-refractivity contribution in [3.63, 3.8) is 0 Å². The van der Waals surface area contributed by atoms with Crippen molar-refractivity contribution >= 4 is 11.8 Å². The molecule has 2 unspecified atom stereocenters. The van der Waals surface area contributed by atoms with Gasteiger partial charge in [0, 0.05) is 20.2 Å². The summed E-state index contributed by atoms with van der Waals surface area (Å²) in [7, 11) is 1.67. The van der Waals surface area contributed by atoms with Crippen LogP contribution in [0.2, 0.25) is 0 Å². The fraction of sp³-hybridized carbons (Fsp3) is 0.818. The molecule has 1 heterocycles. The van der Waals surface area contributed by atoms with E-state index in [0.29, 0.717) is 6.54 Å². The number of likely N-dealkylation sites (N-methyl/N-ethyl adjacent to an activating group) is 1. The molecule has 0 aromatic rings. The van der Waals surface area contributed by atoms with Crippen LogP contribution < -0.4 is 11.5 Å². The molecule has 98 valence electrons. The van der Waals surface area contributed by atoms with Crippen LogP contribution in [0, 0.1) is 0 Å². The predicted molar refractivity (Wildman–Crippen MR) is 63.0 cm³/mol. The molecule has 1 rings (SSSR count). The highest BCUT2D eigenvalue weighted by molar-refractivity contribution is 5.87. The van der Waals surface area contributed by atoms with E-state index in [-0.39, 0.29) is 18.4 Å². The van der Waals surface area contributed by atoms with E-state index >= 15 is 0 Å². The van der Waals surface area contributed by atoms with Crippen LogP contribution in [0.25, 0.3) is 0 Å². The molecule has 1 saturated heterocycles. The maximum Gasteiger partial charge on any atom is 0.239 e. The Hall–Kier alpha value is -1.14. The number of primary amides is 1.